The second-order valence-corrected chi connectivity index (χ2v) is 6.34. The van der Waals surface area contributed by atoms with E-state index in [1.54, 1.807) is 12.5 Å². The molecule has 23 heavy (non-hydrogen) atoms. The minimum absolute atomic E-state index is 0.0260. The van der Waals surface area contributed by atoms with Crippen molar-refractivity contribution in [3.8, 4) is 0 Å². The average Bonchev–Trinajstić information content (AvgIpc) is 3.20. The van der Waals surface area contributed by atoms with E-state index in [9.17, 15) is 4.79 Å². The maximum Gasteiger partial charge on any atom is 0.270 e. The van der Waals surface area contributed by atoms with Crippen molar-refractivity contribution in [1.29, 1.82) is 0 Å². The number of ether oxygens (including phenoxy) is 1. The van der Waals surface area contributed by atoms with E-state index in [4.69, 9.17) is 4.74 Å². The zero-order chi connectivity index (χ0) is 15.8. The van der Waals surface area contributed by atoms with E-state index in [1.165, 1.54) is 0 Å². The summed E-state index contributed by atoms with van der Waals surface area (Å²) in [7, 11) is 1.90. The Kier molecular flexibility index (Phi) is 3.61. The molecule has 0 aliphatic carbocycles. The van der Waals surface area contributed by atoms with Crippen LogP contribution < -0.4 is 0 Å². The molecule has 2 aromatic heterocycles. The van der Waals surface area contributed by atoms with Crippen molar-refractivity contribution in [3.63, 3.8) is 0 Å². The van der Waals surface area contributed by atoms with Crippen LogP contribution in [0.5, 0.6) is 0 Å². The Hall–Kier alpha value is -2.21. The van der Waals surface area contributed by atoms with Crippen LogP contribution in [0, 0.1) is 5.92 Å². The molecule has 2 aliphatic heterocycles. The first-order chi connectivity index (χ1) is 11.2. The third-order valence-corrected chi connectivity index (χ3v) is 4.94. The monoisotopic (exact) mass is 312 g/mol. The van der Waals surface area contributed by atoms with Gasteiger partial charge in [0.15, 0.2) is 0 Å². The van der Waals surface area contributed by atoms with E-state index in [2.05, 4.69) is 9.97 Å². The summed E-state index contributed by atoms with van der Waals surface area (Å²) in [5.41, 5.74) is 1.67. The quantitative estimate of drug-likeness (QED) is 0.848. The van der Waals surface area contributed by atoms with Crippen LogP contribution in [0.3, 0.4) is 0 Å². The number of likely N-dealkylation sites (tertiary alicyclic amines) is 1. The Morgan fingerprint density at radius 2 is 2.30 bits per heavy atom. The molecule has 0 N–H and O–H groups in total. The summed E-state index contributed by atoms with van der Waals surface area (Å²) in [5.74, 6) is 0.595. The summed E-state index contributed by atoms with van der Waals surface area (Å²) >= 11 is 0. The summed E-state index contributed by atoms with van der Waals surface area (Å²) < 4.78 is 8.06. The van der Waals surface area contributed by atoms with Gasteiger partial charge in [-0.2, -0.15) is 0 Å². The molecule has 2 saturated heterocycles. The van der Waals surface area contributed by atoms with Crippen molar-refractivity contribution in [1.82, 2.24) is 19.4 Å². The summed E-state index contributed by atoms with van der Waals surface area (Å²) in [5, 5.41) is 0. The van der Waals surface area contributed by atoms with Gasteiger partial charge in [0, 0.05) is 32.5 Å². The summed E-state index contributed by atoms with van der Waals surface area (Å²) in [4.78, 5) is 22.8. The molecule has 0 radical (unpaired) electrons. The highest BCUT2D eigenvalue weighted by Gasteiger charge is 2.41. The number of hydrogen-bond acceptors (Lipinski definition) is 4. The van der Waals surface area contributed by atoms with Gasteiger partial charge in [0.1, 0.15) is 18.1 Å². The van der Waals surface area contributed by atoms with Gasteiger partial charge < -0.3 is 14.2 Å². The van der Waals surface area contributed by atoms with E-state index in [1.807, 2.05) is 40.9 Å². The lowest BCUT2D eigenvalue weighted by Crippen LogP contribution is -2.45. The van der Waals surface area contributed by atoms with Gasteiger partial charge in [-0.1, -0.05) is 0 Å². The Morgan fingerprint density at radius 3 is 3.04 bits per heavy atom. The Bertz CT molecular complexity index is 700. The van der Waals surface area contributed by atoms with Crippen molar-refractivity contribution in [2.24, 2.45) is 13.0 Å². The number of aryl methyl sites for hydroxylation is 1. The first kappa shape index (κ1) is 14.4. The van der Waals surface area contributed by atoms with Gasteiger partial charge in [0.2, 0.25) is 0 Å². The molecule has 2 aliphatic rings. The molecule has 6 nitrogen and oxygen atoms in total. The predicted molar refractivity (Wildman–Crippen MR) is 83.7 cm³/mol. The topological polar surface area (TPSA) is 60.2 Å². The van der Waals surface area contributed by atoms with Crippen LogP contribution in [0.25, 0.3) is 0 Å². The second kappa shape index (κ2) is 5.77. The molecule has 0 saturated carbocycles. The number of hydrogen-bond donors (Lipinski definition) is 0. The summed E-state index contributed by atoms with van der Waals surface area (Å²) in [6.45, 7) is 1.46. The second-order valence-electron chi connectivity index (χ2n) is 6.34. The normalized spacial score (nSPS) is 27.0. The lowest BCUT2D eigenvalue weighted by molar-refractivity contribution is -0.00590. The van der Waals surface area contributed by atoms with Crippen molar-refractivity contribution >= 4 is 5.91 Å². The van der Waals surface area contributed by atoms with E-state index < -0.39 is 0 Å². The van der Waals surface area contributed by atoms with Gasteiger partial charge in [0.25, 0.3) is 5.91 Å². The highest BCUT2D eigenvalue weighted by molar-refractivity contribution is 5.92. The van der Waals surface area contributed by atoms with E-state index >= 15 is 0 Å². The molecular weight excluding hydrogens is 292 g/mol. The fourth-order valence-electron chi connectivity index (χ4n) is 3.64. The fraction of sp³-hybridized carbons (Fsp3) is 0.471. The van der Waals surface area contributed by atoms with Crippen LogP contribution in [0.2, 0.25) is 0 Å². The number of aromatic nitrogens is 3. The van der Waals surface area contributed by atoms with E-state index in [0.717, 1.165) is 30.8 Å². The van der Waals surface area contributed by atoms with E-state index in [-0.39, 0.29) is 18.1 Å². The molecule has 0 unspecified atom stereocenters. The number of rotatable bonds is 2. The third-order valence-electron chi connectivity index (χ3n) is 4.94. The third kappa shape index (κ3) is 2.63. The SMILES string of the molecule is Cn1cccc1C(=O)N1CC[C@H]2C[C@H](c3ccncn3)O[C@@H]2C1. The van der Waals surface area contributed by atoms with Crippen molar-refractivity contribution < 1.29 is 9.53 Å². The van der Waals surface area contributed by atoms with Gasteiger partial charge in [-0.3, -0.25) is 4.79 Å². The lowest BCUT2D eigenvalue weighted by atomic mass is 9.91. The number of fused-ring (bicyclic) bond motifs is 1. The average molecular weight is 312 g/mol. The van der Waals surface area contributed by atoms with Crippen LogP contribution in [-0.2, 0) is 11.8 Å². The molecule has 0 aromatic carbocycles. The van der Waals surface area contributed by atoms with Crippen molar-refractivity contribution in [3.05, 3.63) is 48.3 Å². The Labute approximate surface area is 135 Å². The zero-order valence-electron chi connectivity index (χ0n) is 13.1. The van der Waals surface area contributed by atoms with Gasteiger partial charge >= 0.3 is 0 Å². The highest BCUT2D eigenvalue weighted by Crippen LogP contribution is 2.40. The molecule has 2 fully saturated rings. The minimum atomic E-state index is 0.0260. The molecule has 6 heteroatoms. The van der Waals surface area contributed by atoms with Gasteiger partial charge in [0.05, 0.1) is 11.8 Å². The highest BCUT2D eigenvalue weighted by atomic mass is 16.5. The first-order valence-electron chi connectivity index (χ1n) is 8.04. The smallest absolute Gasteiger partial charge is 0.270 e. The maximum absolute atomic E-state index is 12.7. The van der Waals surface area contributed by atoms with Gasteiger partial charge in [-0.25, -0.2) is 9.97 Å². The molecule has 4 heterocycles. The zero-order valence-corrected chi connectivity index (χ0v) is 13.1. The molecule has 0 bridgehead atoms. The maximum atomic E-state index is 12.7. The molecule has 0 spiro atoms. The summed E-state index contributed by atoms with van der Waals surface area (Å²) in [6.07, 6.45) is 7.31. The number of carbonyl (C=O) groups is 1. The molecule has 120 valence electrons. The van der Waals surface area contributed by atoms with Crippen molar-refractivity contribution in [2.75, 3.05) is 13.1 Å². The van der Waals surface area contributed by atoms with Crippen LogP contribution >= 0.6 is 0 Å². The fourth-order valence-corrected chi connectivity index (χ4v) is 3.64. The Balaban J connectivity index is 1.46. The van der Waals surface area contributed by atoms with Crippen LogP contribution in [0.4, 0.5) is 0 Å². The minimum Gasteiger partial charge on any atom is -0.367 e. The first-order valence-corrected chi connectivity index (χ1v) is 8.04. The van der Waals surface area contributed by atoms with Gasteiger partial charge in [-0.05, 0) is 37.0 Å². The lowest BCUT2D eigenvalue weighted by Gasteiger charge is -2.34. The predicted octanol–water partition coefficient (Wildman–Crippen LogP) is 1.81. The van der Waals surface area contributed by atoms with Crippen LogP contribution in [0.1, 0.15) is 35.1 Å². The summed E-state index contributed by atoms with van der Waals surface area (Å²) in [6, 6.07) is 5.68. The number of nitrogens with zero attached hydrogens (tertiary/aromatic N) is 4. The van der Waals surface area contributed by atoms with E-state index in [0.29, 0.717) is 12.5 Å². The number of amides is 1. The standard InChI is InChI=1S/C17H20N4O2/c1-20-7-2-3-14(20)17(22)21-8-5-12-9-15(23-16(12)10-21)13-4-6-18-11-19-13/h2-4,6-7,11-12,15-16H,5,8-10H2,1H3/t12-,15+,16+/m0/s1. The van der Waals surface area contributed by atoms with Crippen LogP contribution in [-0.4, -0.2) is 44.5 Å². The molecule has 1 amide bonds. The van der Waals surface area contributed by atoms with Crippen molar-refractivity contribution in [2.45, 2.75) is 25.0 Å². The van der Waals surface area contributed by atoms with Crippen LogP contribution in [0.15, 0.2) is 36.9 Å². The molecule has 4 rings (SSSR count). The molecule has 3 atom stereocenters. The Morgan fingerprint density at radius 1 is 1.39 bits per heavy atom. The number of piperidine rings is 1. The largest absolute Gasteiger partial charge is 0.367 e. The van der Waals surface area contributed by atoms with Gasteiger partial charge in [-0.15, -0.1) is 0 Å². The molecule has 2 aromatic rings. The number of carbonyl (C=O) groups excluding carboxylic acids is 1. The molecular formula is C17H20N4O2.